The topological polar surface area (TPSA) is 54.4 Å². The third-order valence-corrected chi connectivity index (χ3v) is 2.95. The van der Waals surface area contributed by atoms with E-state index in [2.05, 4.69) is 0 Å². The Kier molecular flexibility index (Phi) is 3.78. The van der Waals surface area contributed by atoms with Crippen molar-refractivity contribution in [2.24, 2.45) is 0 Å². The Balaban J connectivity index is 3.74. The average molecular weight is 272 g/mol. The molecule has 3 nitrogen and oxygen atoms in total. The molecule has 0 aromatic heterocycles. The van der Waals surface area contributed by atoms with E-state index in [0.29, 0.717) is 0 Å². The lowest BCUT2D eigenvalue weighted by Crippen LogP contribution is -2.13. The first-order chi connectivity index (χ1) is 7.71. The van der Waals surface area contributed by atoms with Gasteiger partial charge in [0.1, 0.15) is 0 Å². The summed E-state index contributed by atoms with van der Waals surface area (Å²) in [6.07, 6.45) is -0.138. The molecule has 96 valence electrons. The third-order valence-electron chi connectivity index (χ3n) is 2.07. The maximum absolute atomic E-state index is 13.5. The van der Waals surface area contributed by atoms with Crippen LogP contribution in [0.1, 0.15) is 18.9 Å². The maximum atomic E-state index is 13.5. The summed E-state index contributed by atoms with van der Waals surface area (Å²) >= 11 is 0. The van der Waals surface area contributed by atoms with Crippen molar-refractivity contribution in [3.63, 3.8) is 0 Å². The second-order valence-corrected chi connectivity index (χ2v) is 4.65. The SMILES string of the molecule is CCCc1c(F)c(F)c(F)c(S(=O)(=O)O)c1F. The molecule has 1 aromatic rings. The molecular formula is C9H8F4O3S. The highest BCUT2D eigenvalue weighted by molar-refractivity contribution is 7.85. The molecule has 0 aliphatic carbocycles. The summed E-state index contributed by atoms with van der Waals surface area (Å²) in [6.45, 7) is 1.51. The van der Waals surface area contributed by atoms with Crippen LogP contribution in [0, 0.1) is 23.3 Å². The van der Waals surface area contributed by atoms with Crippen LogP contribution in [0.5, 0.6) is 0 Å². The zero-order chi connectivity index (χ0) is 13.4. The first-order valence-electron chi connectivity index (χ1n) is 4.54. The van der Waals surface area contributed by atoms with Crippen molar-refractivity contribution in [3.05, 3.63) is 28.8 Å². The number of hydrogen-bond donors (Lipinski definition) is 1. The van der Waals surface area contributed by atoms with Gasteiger partial charge in [0.2, 0.25) is 0 Å². The lowest BCUT2D eigenvalue weighted by Gasteiger charge is -2.09. The van der Waals surface area contributed by atoms with Crippen molar-refractivity contribution in [2.45, 2.75) is 24.7 Å². The summed E-state index contributed by atoms with van der Waals surface area (Å²) < 4.78 is 82.6. The highest BCUT2D eigenvalue weighted by Crippen LogP contribution is 2.28. The van der Waals surface area contributed by atoms with Gasteiger partial charge in [0.25, 0.3) is 0 Å². The smallest absolute Gasteiger partial charge is 0.282 e. The molecule has 0 heterocycles. The first kappa shape index (κ1) is 13.9. The van der Waals surface area contributed by atoms with Crippen LogP contribution in [0.4, 0.5) is 17.6 Å². The number of benzene rings is 1. The monoisotopic (exact) mass is 272 g/mol. The highest BCUT2D eigenvalue weighted by atomic mass is 32.2. The molecule has 0 bridgehead atoms. The maximum Gasteiger partial charge on any atom is 0.300 e. The standard InChI is InChI=1S/C9H8F4O3S/c1-2-3-4-5(10)7(12)8(13)9(6(4)11)17(14,15)16/h2-3H2,1H3,(H,14,15,16). The molecule has 1 N–H and O–H groups in total. The fraction of sp³-hybridized carbons (Fsp3) is 0.333. The number of halogens is 4. The summed E-state index contributed by atoms with van der Waals surface area (Å²) in [7, 11) is -5.30. The molecule has 0 saturated carbocycles. The fourth-order valence-corrected chi connectivity index (χ4v) is 2.02. The summed E-state index contributed by atoms with van der Waals surface area (Å²) in [6, 6.07) is 0. The molecule has 1 aromatic carbocycles. The van der Waals surface area contributed by atoms with Gasteiger partial charge in [-0.3, -0.25) is 4.55 Å². The fourth-order valence-electron chi connectivity index (χ4n) is 1.35. The predicted molar refractivity (Wildman–Crippen MR) is 50.1 cm³/mol. The van der Waals surface area contributed by atoms with Crippen molar-refractivity contribution in [1.29, 1.82) is 0 Å². The van der Waals surface area contributed by atoms with Gasteiger partial charge < -0.3 is 0 Å². The minimum absolute atomic E-state index is 0.184. The molecule has 0 aliphatic rings. The summed E-state index contributed by atoms with van der Waals surface area (Å²) in [4.78, 5) is -1.86. The molecule has 0 amide bonds. The molecule has 0 spiro atoms. The lowest BCUT2D eigenvalue weighted by atomic mass is 10.1. The van der Waals surface area contributed by atoms with E-state index in [-0.39, 0.29) is 12.8 Å². The highest BCUT2D eigenvalue weighted by Gasteiger charge is 2.31. The van der Waals surface area contributed by atoms with Gasteiger partial charge in [-0.2, -0.15) is 8.42 Å². The Morgan fingerprint density at radius 1 is 1.00 bits per heavy atom. The van der Waals surface area contributed by atoms with Gasteiger partial charge in [-0.25, -0.2) is 17.6 Å². The van der Waals surface area contributed by atoms with Gasteiger partial charge in [0.15, 0.2) is 28.2 Å². The Bertz CT molecular complexity index is 554. The van der Waals surface area contributed by atoms with E-state index in [1.165, 1.54) is 6.92 Å². The minimum atomic E-state index is -5.30. The second kappa shape index (κ2) is 4.61. The Labute approximate surface area is 94.8 Å². The van der Waals surface area contributed by atoms with Gasteiger partial charge in [-0.1, -0.05) is 13.3 Å². The van der Waals surface area contributed by atoms with Gasteiger partial charge in [-0.05, 0) is 6.42 Å². The molecule has 0 unspecified atom stereocenters. The lowest BCUT2D eigenvalue weighted by molar-refractivity contribution is 0.391. The molecular weight excluding hydrogens is 264 g/mol. The van der Waals surface area contributed by atoms with Crippen LogP contribution in [0.3, 0.4) is 0 Å². The van der Waals surface area contributed by atoms with E-state index in [1.807, 2.05) is 0 Å². The molecule has 0 fully saturated rings. The van der Waals surface area contributed by atoms with Crippen LogP contribution < -0.4 is 0 Å². The minimum Gasteiger partial charge on any atom is -0.282 e. The van der Waals surface area contributed by atoms with Crippen LogP contribution in [0.2, 0.25) is 0 Å². The second-order valence-electron chi connectivity index (χ2n) is 3.29. The first-order valence-corrected chi connectivity index (χ1v) is 5.98. The van der Waals surface area contributed by atoms with Crippen molar-refractivity contribution in [1.82, 2.24) is 0 Å². The largest absolute Gasteiger partial charge is 0.300 e. The van der Waals surface area contributed by atoms with Gasteiger partial charge >= 0.3 is 10.1 Å². The number of hydrogen-bond acceptors (Lipinski definition) is 2. The molecule has 0 radical (unpaired) electrons. The zero-order valence-corrected chi connectivity index (χ0v) is 9.41. The van der Waals surface area contributed by atoms with Gasteiger partial charge in [-0.15, -0.1) is 0 Å². The molecule has 0 atom stereocenters. The van der Waals surface area contributed by atoms with E-state index < -0.39 is 43.8 Å². The molecule has 0 aliphatic heterocycles. The Hall–Kier alpha value is -1.15. The van der Waals surface area contributed by atoms with Crippen molar-refractivity contribution in [2.75, 3.05) is 0 Å². The van der Waals surface area contributed by atoms with Crippen LogP contribution in [0.15, 0.2) is 4.90 Å². The summed E-state index contributed by atoms with van der Waals surface area (Å²) in [5, 5.41) is 0. The van der Waals surface area contributed by atoms with E-state index in [1.54, 1.807) is 0 Å². The summed E-state index contributed by atoms with van der Waals surface area (Å²) in [5.41, 5.74) is -0.904. The Morgan fingerprint density at radius 2 is 1.53 bits per heavy atom. The molecule has 8 heteroatoms. The van der Waals surface area contributed by atoms with E-state index in [4.69, 9.17) is 4.55 Å². The van der Waals surface area contributed by atoms with Crippen molar-refractivity contribution >= 4 is 10.1 Å². The Morgan fingerprint density at radius 3 is 1.94 bits per heavy atom. The van der Waals surface area contributed by atoms with E-state index >= 15 is 0 Å². The van der Waals surface area contributed by atoms with Gasteiger partial charge in [0, 0.05) is 5.56 Å². The molecule has 0 saturated heterocycles. The summed E-state index contributed by atoms with van der Waals surface area (Å²) in [5.74, 6) is -7.97. The van der Waals surface area contributed by atoms with Crippen molar-refractivity contribution < 1.29 is 30.5 Å². The normalized spacial score (nSPS) is 11.9. The van der Waals surface area contributed by atoms with Crippen LogP contribution >= 0.6 is 0 Å². The van der Waals surface area contributed by atoms with Crippen LogP contribution in [-0.4, -0.2) is 13.0 Å². The van der Waals surface area contributed by atoms with E-state index in [9.17, 15) is 26.0 Å². The third kappa shape index (κ3) is 2.42. The quantitative estimate of drug-likeness (QED) is 0.398. The molecule has 1 rings (SSSR count). The van der Waals surface area contributed by atoms with Crippen LogP contribution in [-0.2, 0) is 16.5 Å². The van der Waals surface area contributed by atoms with Gasteiger partial charge in [0.05, 0.1) is 0 Å². The zero-order valence-electron chi connectivity index (χ0n) is 8.60. The van der Waals surface area contributed by atoms with Crippen LogP contribution in [0.25, 0.3) is 0 Å². The molecule has 17 heavy (non-hydrogen) atoms. The number of rotatable bonds is 3. The predicted octanol–water partition coefficient (Wildman–Crippen LogP) is 2.44. The van der Waals surface area contributed by atoms with E-state index in [0.717, 1.165) is 0 Å². The van der Waals surface area contributed by atoms with Crippen molar-refractivity contribution in [3.8, 4) is 0 Å². The average Bonchev–Trinajstić information content (AvgIpc) is 2.19.